The number of rotatable bonds is 1. The molecule has 0 saturated heterocycles. The molecule has 2 aromatic heterocycles. The Kier molecular flexibility index (Phi) is 2.12. The van der Waals surface area contributed by atoms with Crippen LogP contribution in [0.2, 0.25) is 5.02 Å². The fourth-order valence-corrected chi connectivity index (χ4v) is 2.55. The highest BCUT2D eigenvalue weighted by molar-refractivity contribution is 7.16. The van der Waals surface area contributed by atoms with Crippen molar-refractivity contribution in [2.75, 3.05) is 0 Å². The van der Waals surface area contributed by atoms with Crippen LogP contribution in [0.3, 0.4) is 0 Å². The number of aryl methyl sites for hydroxylation is 1. The van der Waals surface area contributed by atoms with Crippen LogP contribution >= 0.6 is 34.5 Å². The first kappa shape index (κ1) is 8.16. The Morgan fingerprint density at radius 2 is 2.33 bits per heavy atom. The number of halogens is 1. The SMILES string of the molecule is Cc1sc(-c2csnn2)cc1Cl. The van der Waals surface area contributed by atoms with Crippen molar-refractivity contribution in [3.8, 4) is 10.6 Å². The number of hydrogen-bond acceptors (Lipinski definition) is 4. The second-order valence-electron chi connectivity index (χ2n) is 2.30. The smallest absolute Gasteiger partial charge is 0.115 e. The summed E-state index contributed by atoms with van der Waals surface area (Å²) in [5.74, 6) is 0. The van der Waals surface area contributed by atoms with E-state index in [9.17, 15) is 0 Å². The van der Waals surface area contributed by atoms with Crippen LogP contribution in [0.4, 0.5) is 0 Å². The van der Waals surface area contributed by atoms with Crippen LogP contribution in [0.5, 0.6) is 0 Å². The summed E-state index contributed by atoms with van der Waals surface area (Å²) in [5, 5.41) is 6.69. The van der Waals surface area contributed by atoms with Crippen molar-refractivity contribution in [2.24, 2.45) is 0 Å². The van der Waals surface area contributed by atoms with E-state index in [0.717, 1.165) is 20.5 Å². The second-order valence-corrected chi connectivity index (χ2v) is 4.58. The van der Waals surface area contributed by atoms with Gasteiger partial charge in [0.05, 0.1) is 9.90 Å². The Bertz CT molecular complexity index is 361. The highest BCUT2D eigenvalue weighted by atomic mass is 35.5. The van der Waals surface area contributed by atoms with Crippen molar-refractivity contribution in [2.45, 2.75) is 6.92 Å². The molecule has 0 fully saturated rings. The standard InChI is InChI=1S/C7H5ClN2S2/c1-4-5(8)2-7(12-4)6-3-11-10-9-6/h2-3H,1H3. The first-order valence-corrected chi connectivity index (χ1v) is 5.34. The zero-order chi connectivity index (χ0) is 8.55. The molecule has 0 bridgehead atoms. The van der Waals surface area contributed by atoms with Crippen molar-refractivity contribution in [3.63, 3.8) is 0 Å². The lowest BCUT2D eigenvalue weighted by atomic mass is 10.4. The first-order valence-electron chi connectivity index (χ1n) is 3.31. The molecule has 2 rings (SSSR count). The van der Waals surface area contributed by atoms with Crippen LogP contribution in [0, 0.1) is 6.92 Å². The van der Waals surface area contributed by atoms with Gasteiger partial charge in [-0.15, -0.1) is 16.4 Å². The van der Waals surface area contributed by atoms with Crippen LogP contribution in [-0.4, -0.2) is 9.59 Å². The van der Waals surface area contributed by atoms with Crippen LogP contribution in [0.25, 0.3) is 10.6 Å². The van der Waals surface area contributed by atoms with Crippen molar-refractivity contribution < 1.29 is 0 Å². The molecule has 2 heterocycles. The Morgan fingerprint density at radius 3 is 2.83 bits per heavy atom. The topological polar surface area (TPSA) is 25.8 Å². The zero-order valence-electron chi connectivity index (χ0n) is 6.24. The molecule has 0 aliphatic carbocycles. The van der Waals surface area contributed by atoms with Gasteiger partial charge in [-0.2, -0.15) is 0 Å². The molecule has 0 saturated carbocycles. The van der Waals surface area contributed by atoms with E-state index in [1.54, 1.807) is 11.3 Å². The molecule has 5 heteroatoms. The second kappa shape index (κ2) is 3.12. The molecule has 12 heavy (non-hydrogen) atoms. The summed E-state index contributed by atoms with van der Waals surface area (Å²) >= 11 is 8.91. The average Bonchev–Trinajstić information content (AvgIpc) is 2.61. The van der Waals surface area contributed by atoms with Gasteiger partial charge < -0.3 is 0 Å². The Labute approximate surface area is 83.0 Å². The van der Waals surface area contributed by atoms with Crippen molar-refractivity contribution in [3.05, 3.63) is 21.3 Å². The molecule has 0 amide bonds. The average molecular weight is 217 g/mol. The van der Waals surface area contributed by atoms with Crippen molar-refractivity contribution in [1.82, 2.24) is 9.59 Å². The quantitative estimate of drug-likeness (QED) is 0.732. The fourth-order valence-electron chi connectivity index (χ4n) is 0.858. The third-order valence-corrected chi connectivity index (χ3v) is 3.55. The summed E-state index contributed by atoms with van der Waals surface area (Å²) in [4.78, 5) is 2.21. The van der Waals surface area contributed by atoms with E-state index in [4.69, 9.17) is 11.6 Å². The molecule has 0 spiro atoms. The highest BCUT2D eigenvalue weighted by Gasteiger charge is 2.06. The molecule has 2 aromatic rings. The molecule has 62 valence electrons. The van der Waals surface area contributed by atoms with E-state index < -0.39 is 0 Å². The molecule has 0 N–H and O–H groups in total. The number of aromatic nitrogens is 2. The van der Waals surface area contributed by atoms with Crippen LogP contribution in [0.15, 0.2) is 11.4 Å². The molecular formula is C7H5ClN2S2. The summed E-state index contributed by atoms with van der Waals surface area (Å²) in [7, 11) is 0. The molecule has 0 unspecified atom stereocenters. The molecule has 0 aliphatic rings. The van der Waals surface area contributed by atoms with Gasteiger partial charge in [-0.1, -0.05) is 16.1 Å². The third kappa shape index (κ3) is 1.37. The predicted octanol–water partition coefficient (Wildman–Crippen LogP) is 3.23. The monoisotopic (exact) mass is 216 g/mol. The number of thiophene rings is 1. The molecule has 0 aromatic carbocycles. The lowest BCUT2D eigenvalue weighted by molar-refractivity contribution is 1.17. The van der Waals surface area contributed by atoms with E-state index in [0.29, 0.717) is 0 Å². The minimum atomic E-state index is 0.808. The Morgan fingerprint density at radius 1 is 1.50 bits per heavy atom. The van der Waals surface area contributed by atoms with Gasteiger partial charge in [0.1, 0.15) is 5.69 Å². The summed E-state index contributed by atoms with van der Waals surface area (Å²) < 4.78 is 3.79. The normalized spacial score (nSPS) is 10.5. The number of nitrogens with zero attached hydrogens (tertiary/aromatic N) is 2. The Hall–Kier alpha value is -0.450. The van der Waals surface area contributed by atoms with Gasteiger partial charge >= 0.3 is 0 Å². The summed E-state index contributed by atoms with van der Waals surface area (Å²) in [6, 6.07) is 1.93. The van der Waals surface area contributed by atoms with Gasteiger partial charge in [-0.05, 0) is 24.5 Å². The first-order chi connectivity index (χ1) is 5.77. The molecule has 2 nitrogen and oxygen atoms in total. The third-order valence-electron chi connectivity index (χ3n) is 1.47. The zero-order valence-corrected chi connectivity index (χ0v) is 8.63. The van der Waals surface area contributed by atoms with E-state index >= 15 is 0 Å². The van der Waals surface area contributed by atoms with Gasteiger partial charge in [-0.25, -0.2) is 0 Å². The summed E-state index contributed by atoms with van der Waals surface area (Å²) in [5.41, 5.74) is 0.917. The van der Waals surface area contributed by atoms with Crippen LogP contribution in [0.1, 0.15) is 4.88 Å². The molecule has 0 aliphatic heterocycles. The minimum absolute atomic E-state index is 0.808. The van der Waals surface area contributed by atoms with Crippen molar-refractivity contribution in [1.29, 1.82) is 0 Å². The lowest BCUT2D eigenvalue weighted by Crippen LogP contribution is -1.69. The maximum Gasteiger partial charge on any atom is 0.115 e. The molecule has 0 atom stereocenters. The van der Waals surface area contributed by atoms with Crippen LogP contribution in [-0.2, 0) is 0 Å². The maximum atomic E-state index is 5.91. The van der Waals surface area contributed by atoms with E-state index in [2.05, 4.69) is 9.59 Å². The van der Waals surface area contributed by atoms with E-state index in [1.807, 2.05) is 18.4 Å². The number of hydrogen-bond donors (Lipinski definition) is 0. The van der Waals surface area contributed by atoms with Gasteiger partial charge in [-0.3, -0.25) is 0 Å². The predicted molar refractivity (Wildman–Crippen MR) is 53.0 cm³/mol. The van der Waals surface area contributed by atoms with Crippen LogP contribution < -0.4 is 0 Å². The van der Waals surface area contributed by atoms with Crippen molar-refractivity contribution >= 4 is 34.5 Å². The van der Waals surface area contributed by atoms with E-state index in [-0.39, 0.29) is 0 Å². The van der Waals surface area contributed by atoms with Gasteiger partial charge in [0, 0.05) is 10.3 Å². The summed E-state index contributed by atoms with van der Waals surface area (Å²) in [6.45, 7) is 2.00. The Balaban J connectivity index is 2.48. The van der Waals surface area contributed by atoms with Gasteiger partial charge in [0.15, 0.2) is 0 Å². The largest absolute Gasteiger partial charge is 0.137 e. The molecular weight excluding hydrogens is 212 g/mol. The fraction of sp³-hybridized carbons (Fsp3) is 0.143. The van der Waals surface area contributed by atoms with Gasteiger partial charge in [0.2, 0.25) is 0 Å². The highest BCUT2D eigenvalue weighted by Crippen LogP contribution is 2.32. The molecule has 0 radical (unpaired) electrons. The lowest BCUT2D eigenvalue weighted by Gasteiger charge is -1.82. The maximum absolute atomic E-state index is 5.91. The van der Waals surface area contributed by atoms with E-state index in [1.165, 1.54) is 11.5 Å². The minimum Gasteiger partial charge on any atom is -0.137 e. The van der Waals surface area contributed by atoms with Gasteiger partial charge in [0.25, 0.3) is 0 Å². The summed E-state index contributed by atoms with van der Waals surface area (Å²) in [6.07, 6.45) is 0.